The Hall–Kier alpha value is -3.74. The van der Waals surface area contributed by atoms with Gasteiger partial charge in [-0.3, -0.25) is 14.4 Å². The maximum atomic E-state index is 13.6. The molecule has 0 aliphatic carbocycles. The average molecular weight is 443 g/mol. The van der Waals surface area contributed by atoms with Crippen LogP contribution in [0.3, 0.4) is 0 Å². The number of hydrogen-bond acceptors (Lipinski definition) is 4. The van der Waals surface area contributed by atoms with Crippen molar-refractivity contribution in [3.8, 4) is 5.69 Å². The van der Waals surface area contributed by atoms with E-state index in [0.717, 1.165) is 42.0 Å². The summed E-state index contributed by atoms with van der Waals surface area (Å²) < 4.78 is 1.60. The smallest absolute Gasteiger partial charge is 0.277 e. The van der Waals surface area contributed by atoms with Gasteiger partial charge in [0.25, 0.3) is 5.91 Å². The molecule has 1 fully saturated rings. The van der Waals surface area contributed by atoms with Crippen LogP contribution in [0.25, 0.3) is 5.69 Å². The number of nitrogens with zero attached hydrogens (tertiary/aromatic N) is 4. The van der Waals surface area contributed by atoms with Gasteiger partial charge in [0.05, 0.1) is 5.69 Å². The van der Waals surface area contributed by atoms with E-state index in [1.165, 1.54) is 6.92 Å². The largest absolute Gasteiger partial charge is 0.312 e. The Morgan fingerprint density at radius 3 is 2.09 bits per heavy atom. The van der Waals surface area contributed by atoms with Crippen molar-refractivity contribution >= 4 is 29.0 Å². The van der Waals surface area contributed by atoms with Gasteiger partial charge in [-0.05, 0) is 62.6 Å². The number of carbonyl (C=O) groups excluding carboxylic acids is 3. The Bertz CT molecular complexity index is 1240. The van der Waals surface area contributed by atoms with E-state index in [0.29, 0.717) is 36.3 Å². The van der Waals surface area contributed by atoms with Crippen LogP contribution in [0.5, 0.6) is 0 Å². The predicted molar refractivity (Wildman–Crippen MR) is 126 cm³/mol. The van der Waals surface area contributed by atoms with Gasteiger partial charge in [0.2, 0.25) is 5.91 Å². The molecule has 2 aliphatic heterocycles. The molecule has 3 heterocycles. The minimum atomic E-state index is -0.182. The monoisotopic (exact) mass is 442 g/mol. The summed E-state index contributed by atoms with van der Waals surface area (Å²) in [6.45, 7) is 4.68. The zero-order valence-electron chi connectivity index (χ0n) is 18.9. The first kappa shape index (κ1) is 21.1. The van der Waals surface area contributed by atoms with Crippen molar-refractivity contribution in [3.05, 3.63) is 71.0 Å². The Morgan fingerprint density at radius 1 is 0.818 bits per heavy atom. The highest BCUT2D eigenvalue weighted by Gasteiger charge is 2.34. The molecule has 0 N–H and O–H groups in total. The second-order valence-electron chi connectivity index (χ2n) is 8.70. The van der Waals surface area contributed by atoms with Crippen LogP contribution in [0.2, 0.25) is 0 Å². The molecule has 1 aromatic heterocycles. The number of benzene rings is 2. The molecule has 0 bridgehead atoms. The molecule has 5 rings (SSSR count). The van der Waals surface area contributed by atoms with Crippen LogP contribution in [0.4, 0.5) is 11.4 Å². The molecular formula is C26H26N4O3. The van der Waals surface area contributed by atoms with Crippen molar-refractivity contribution in [3.63, 3.8) is 0 Å². The van der Waals surface area contributed by atoms with Gasteiger partial charge in [-0.25, -0.2) is 4.68 Å². The standard InChI is InChI=1S/C26H26N4O3/c1-17-6-8-21(9-7-17)30-25-22(24(27-30)18(2)31)14-16-29(26(25)33)20-12-10-19(11-13-20)28-15-4-3-5-23(28)32/h6-13H,3-5,14-16H2,1-2H3. The van der Waals surface area contributed by atoms with Crippen molar-refractivity contribution < 1.29 is 14.4 Å². The van der Waals surface area contributed by atoms with E-state index in [1.54, 1.807) is 9.58 Å². The van der Waals surface area contributed by atoms with Crippen molar-refractivity contribution in [2.24, 2.45) is 0 Å². The summed E-state index contributed by atoms with van der Waals surface area (Å²) >= 11 is 0. The van der Waals surface area contributed by atoms with Gasteiger partial charge in [-0.1, -0.05) is 17.7 Å². The van der Waals surface area contributed by atoms with E-state index in [4.69, 9.17) is 0 Å². The first-order valence-electron chi connectivity index (χ1n) is 11.4. The van der Waals surface area contributed by atoms with Gasteiger partial charge in [-0.2, -0.15) is 5.10 Å². The number of anilines is 2. The fourth-order valence-corrected chi connectivity index (χ4v) is 4.65. The van der Waals surface area contributed by atoms with Gasteiger partial charge < -0.3 is 9.80 Å². The second-order valence-corrected chi connectivity index (χ2v) is 8.70. The summed E-state index contributed by atoms with van der Waals surface area (Å²) in [5.74, 6) is -0.181. The topological polar surface area (TPSA) is 75.5 Å². The lowest BCUT2D eigenvalue weighted by molar-refractivity contribution is -0.119. The molecule has 0 spiro atoms. The van der Waals surface area contributed by atoms with E-state index in [9.17, 15) is 14.4 Å². The molecule has 168 valence electrons. The molecule has 0 radical (unpaired) electrons. The van der Waals surface area contributed by atoms with E-state index >= 15 is 0 Å². The van der Waals surface area contributed by atoms with Gasteiger partial charge in [0, 0.05) is 43.4 Å². The zero-order valence-corrected chi connectivity index (χ0v) is 18.9. The SMILES string of the molecule is CC(=O)c1nn(-c2ccc(C)cc2)c2c1CCN(c1ccc(N3CCCCC3=O)cc1)C2=O. The maximum Gasteiger partial charge on any atom is 0.277 e. The molecule has 33 heavy (non-hydrogen) atoms. The lowest BCUT2D eigenvalue weighted by atomic mass is 10.0. The number of aryl methyl sites for hydroxylation is 1. The van der Waals surface area contributed by atoms with Crippen molar-refractivity contribution in [1.82, 2.24) is 9.78 Å². The quantitative estimate of drug-likeness (QED) is 0.570. The molecular weight excluding hydrogens is 416 g/mol. The zero-order chi connectivity index (χ0) is 23.1. The van der Waals surface area contributed by atoms with Gasteiger partial charge in [0.1, 0.15) is 11.4 Å². The van der Waals surface area contributed by atoms with Crippen LogP contribution in [0.15, 0.2) is 48.5 Å². The van der Waals surface area contributed by atoms with E-state index in [1.807, 2.05) is 60.4 Å². The molecule has 3 aromatic rings. The molecule has 1 saturated heterocycles. The third-order valence-electron chi connectivity index (χ3n) is 6.43. The third-order valence-corrected chi connectivity index (χ3v) is 6.43. The number of aromatic nitrogens is 2. The highest BCUT2D eigenvalue weighted by Crippen LogP contribution is 2.31. The van der Waals surface area contributed by atoms with Crippen LogP contribution in [0.1, 0.15) is 58.3 Å². The van der Waals surface area contributed by atoms with E-state index in [-0.39, 0.29) is 17.6 Å². The number of Topliss-reactive ketones (excluding diaryl/α,β-unsaturated/α-hetero) is 1. The summed E-state index contributed by atoms with van der Waals surface area (Å²) in [5, 5.41) is 4.53. The van der Waals surface area contributed by atoms with Crippen LogP contribution < -0.4 is 9.80 Å². The Labute approximate surface area is 192 Å². The number of piperidine rings is 1. The highest BCUT2D eigenvalue weighted by molar-refractivity contribution is 6.09. The first-order chi connectivity index (χ1) is 15.9. The summed E-state index contributed by atoms with van der Waals surface area (Å²) in [4.78, 5) is 41.7. The van der Waals surface area contributed by atoms with E-state index < -0.39 is 0 Å². The highest BCUT2D eigenvalue weighted by atomic mass is 16.2. The normalized spacial score (nSPS) is 16.2. The lowest BCUT2D eigenvalue weighted by Gasteiger charge is -2.29. The molecule has 0 atom stereocenters. The summed E-state index contributed by atoms with van der Waals surface area (Å²) in [5.41, 5.74) is 4.98. The van der Waals surface area contributed by atoms with E-state index in [2.05, 4.69) is 5.10 Å². The second kappa shape index (κ2) is 8.31. The van der Waals surface area contributed by atoms with Crippen LogP contribution in [0, 0.1) is 6.92 Å². The van der Waals surface area contributed by atoms with Crippen LogP contribution in [-0.2, 0) is 11.2 Å². The first-order valence-corrected chi connectivity index (χ1v) is 11.4. The number of fused-ring (bicyclic) bond motifs is 1. The van der Waals surface area contributed by atoms with Gasteiger partial charge in [0.15, 0.2) is 5.78 Å². The third kappa shape index (κ3) is 3.73. The fourth-order valence-electron chi connectivity index (χ4n) is 4.65. The number of hydrogen-bond donors (Lipinski definition) is 0. The molecule has 7 heteroatoms. The number of carbonyl (C=O) groups is 3. The number of ketones is 1. The molecule has 2 amide bonds. The lowest BCUT2D eigenvalue weighted by Crippen LogP contribution is -2.39. The minimum absolute atomic E-state index is 0.145. The van der Waals surface area contributed by atoms with Crippen molar-refractivity contribution in [2.45, 2.75) is 39.5 Å². The summed E-state index contributed by atoms with van der Waals surface area (Å²) in [6.07, 6.45) is 3.07. The van der Waals surface area contributed by atoms with Gasteiger partial charge >= 0.3 is 0 Å². The molecule has 0 saturated carbocycles. The number of rotatable bonds is 4. The van der Waals surface area contributed by atoms with Crippen molar-refractivity contribution in [2.75, 3.05) is 22.9 Å². The van der Waals surface area contributed by atoms with Crippen molar-refractivity contribution in [1.29, 1.82) is 0 Å². The fraction of sp³-hybridized carbons (Fsp3) is 0.308. The molecule has 0 unspecified atom stereocenters. The minimum Gasteiger partial charge on any atom is -0.312 e. The predicted octanol–water partition coefficient (Wildman–Crippen LogP) is 4.10. The summed E-state index contributed by atoms with van der Waals surface area (Å²) in [7, 11) is 0. The number of amides is 2. The molecule has 2 aliphatic rings. The maximum absolute atomic E-state index is 13.6. The van der Waals surface area contributed by atoms with Crippen LogP contribution >= 0.6 is 0 Å². The Balaban J connectivity index is 1.50. The molecule has 7 nitrogen and oxygen atoms in total. The van der Waals surface area contributed by atoms with Crippen LogP contribution in [-0.4, -0.2) is 40.5 Å². The average Bonchev–Trinajstić information content (AvgIpc) is 3.21. The van der Waals surface area contributed by atoms with Gasteiger partial charge in [-0.15, -0.1) is 0 Å². The Morgan fingerprint density at radius 2 is 1.45 bits per heavy atom. The Kier molecular flexibility index (Phi) is 5.32. The summed E-state index contributed by atoms with van der Waals surface area (Å²) in [6, 6.07) is 15.3. The molecule has 2 aromatic carbocycles.